The van der Waals surface area contributed by atoms with E-state index in [2.05, 4.69) is 62.4 Å². The van der Waals surface area contributed by atoms with Crippen molar-refractivity contribution in [3.05, 3.63) is 59.7 Å². The Morgan fingerprint density at radius 2 is 1.08 bits per heavy atom. The summed E-state index contributed by atoms with van der Waals surface area (Å²) in [4.78, 5) is 0. The highest BCUT2D eigenvalue weighted by atomic mass is 16.5. The lowest BCUT2D eigenvalue weighted by Gasteiger charge is -2.29. The monoisotopic (exact) mass is 488 g/mol. The Morgan fingerprint density at radius 1 is 0.556 bits per heavy atom. The molecular formula is C35H52O. The molecule has 0 radical (unpaired) electrons. The van der Waals surface area contributed by atoms with Crippen molar-refractivity contribution >= 4 is 0 Å². The standard InChI is InChI=1S/C35H52O/c1-3-5-7-8-10-11-28-13-16-30(17-14-28)31-18-20-32(21-19-31)33-22-24-34(25-23-33)35-26-15-29(27-36-35)12-9-6-4-2/h18-25,28-30,35H,3-17,26-27H2,1-2H3/t28-,29?,30-,35?. The van der Waals surface area contributed by atoms with Crippen molar-refractivity contribution in [2.24, 2.45) is 11.8 Å². The second-order valence-electron chi connectivity index (χ2n) is 11.9. The molecule has 0 aromatic heterocycles. The third-order valence-electron chi connectivity index (χ3n) is 9.15. The molecule has 2 aromatic rings. The molecule has 2 unspecified atom stereocenters. The summed E-state index contributed by atoms with van der Waals surface area (Å²) in [5.41, 5.74) is 5.57. The Bertz CT molecular complexity index is 835. The molecule has 1 saturated heterocycles. The van der Waals surface area contributed by atoms with Crippen LogP contribution in [0.1, 0.15) is 140 Å². The van der Waals surface area contributed by atoms with E-state index in [9.17, 15) is 0 Å². The van der Waals surface area contributed by atoms with Gasteiger partial charge in [-0.25, -0.2) is 0 Å². The number of unbranched alkanes of at least 4 members (excludes halogenated alkanes) is 6. The summed E-state index contributed by atoms with van der Waals surface area (Å²) in [6, 6.07) is 18.7. The molecule has 1 aliphatic carbocycles. The molecule has 2 aromatic carbocycles. The van der Waals surface area contributed by atoms with Gasteiger partial charge in [-0.2, -0.15) is 0 Å². The summed E-state index contributed by atoms with van der Waals surface area (Å²) in [6.45, 7) is 5.53. The summed E-state index contributed by atoms with van der Waals surface area (Å²) in [7, 11) is 0. The van der Waals surface area contributed by atoms with Gasteiger partial charge in [0.05, 0.1) is 12.7 Å². The van der Waals surface area contributed by atoms with Crippen molar-refractivity contribution in [3.63, 3.8) is 0 Å². The van der Waals surface area contributed by atoms with Crippen molar-refractivity contribution in [3.8, 4) is 11.1 Å². The van der Waals surface area contributed by atoms with Crippen LogP contribution in [0.5, 0.6) is 0 Å². The summed E-state index contributed by atoms with van der Waals surface area (Å²) in [6.07, 6.45) is 22.4. The Morgan fingerprint density at radius 3 is 1.69 bits per heavy atom. The number of hydrogen-bond donors (Lipinski definition) is 0. The van der Waals surface area contributed by atoms with E-state index in [-0.39, 0.29) is 6.10 Å². The highest BCUT2D eigenvalue weighted by Gasteiger charge is 2.23. The van der Waals surface area contributed by atoms with Crippen LogP contribution in [0.3, 0.4) is 0 Å². The second kappa shape index (κ2) is 15.0. The van der Waals surface area contributed by atoms with Crippen LogP contribution in [0.15, 0.2) is 48.5 Å². The lowest BCUT2D eigenvalue weighted by molar-refractivity contribution is -0.0198. The van der Waals surface area contributed by atoms with Gasteiger partial charge in [0.2, 0.25) is 0 Å². The van der Waals surface area contributed by atoms with Crippen LogP contribution in [0.25, 0.3) is 11.1 Å². The van der Waals surface area contributed by atoms with Crippen molar-refractivity contribution in [2.75, 3.05) is 6.61 Å². The van der Waals surface area contributed by atoms with E-state index < -0.39 is 0 Å². The molecule has 0 amide bonds. The predicted octanol–water partition coefficient (Wildman–Crippen LogP) is 11.0. The first kappa shape index (κ1) is 27.4. The quantitative estimate of drug-likeness (QED) is 0.255. The zero-order chi connectivity index (χ0) is 25.0. The number of ether oxygens (including phenoxy) is 1. The fourth-order valence-electron chi connectivity index (χ4n) is 6.64. The van der Waals surface area contributed by atoms with Gasteiger partial charge in [0.25, 0.3) is 0 Å². The molecule has 0 N–H and O–H groups in total. The van der Waals surface area contributed by atoms with E-state index >= 15 is 0 Å². The fourth-order valence-corrected chi connectivity index (χ4v) is 6.64. The van der Waals surface area contributed by atoms with Crippen LogP contribution in [-0.2, 0) is 4.74 Å². The minimum atomic E-state index is 0.287. The summed E-state index contributed by atoms with van der Waals surface area (Å²) < 4.78 is 6.28. The topological polar surface area (TPSA) is 9.23 Å². The number of hydrogen-bond acceptors (Lipinski definition) is 1. The number of benzene rings is 2. The van der Waals surface area contributed by atoms with Gasteiger partial charge in [-0.1, -0.05) is 120 Å². The molecule has 1 aliphatic heterocycles. The first-order chi connectivity index (χ1) is 17.8. The average Bonchev–Trinajstić information content (AvgIpc) is 2.94. The fraction of sp³-hybridized carbons (Fsp3) is 0.657. The van der Waals surface area contributed by atoms with Crippen molar-refractivity contribution in [1.82, 2.24) is 0 Å². The first-order valence-corrected chi connectivity index (χ1v) is 15.6. The van der Waals surface area contributed by atoms with E-state index in [0.29, 0.717) is 0 Å². The maximum Gasteiger partial charge on any atom is 0.0825 e. The summed E-state index contributed by atoms with van der Waals surface area (Å²) >= 11 is 0. The molecule has 198 valence electrons. The zero-order valence-corrected chi connectivity index (χ0v) is 23.4. The molecule has 2 fully saturated rings. The van der Waals surface area contributed by atoms with Crippen molar-refractivity contribution in [2.45, 2.75) is 129 Å². The van der Waals surface area contributed by atoms with Crippen molar-refractivity contribution in [1.29, 1.82) is 0 Å². The van der Waals surface area contributed by atoms with E-state index in [4.69, 9.17) is 4.74 Å². The second-order valence-corrected chi connectivity index (χ2v) is 11.9. The maximum absolute atomic E-state index is 6.28. The Kier molecular flexibility index (Phi) is 11.4. The summed E-state index contributed by atoms with van der Waals surface area (Å²) in [5.74, 6) is 2.53. The normalized spacial score (nSPS) is 24.6. The van der Waals surface area contributed by atoms with Gasteiger partial charge in [0.15, 0.2) is 0 Å². The minimum absolute atomic E-state index is 0.287. The summed E-state index contributed by atoms with van der Waals surface area (Å²) in [5, 5.41) is 0. The molecule has 0 spiro atoms. The van der Waals surface area contributed by atoms with Crippen molar-refractivity contribution < 1.29 is 4.74 Å². The molecule has 1 nitrogen and oxygen atoms in total. The van der Waals surface area contributed by atoms with Gasteiger partial charge in [0, 0.05) is 0 Å². The molecule has 0 bridgehead atoms. The minimum Gasteiger partial charge on any atom is -0.373 e. The molecule has 1 heterocycles. The van der Waals surface area contributed by atoms with Gasteiger partial charge >= 0.3 is 0 Å². The van der Waals surface area contributed by atoms with E-state index in [1.54, 1.807) is 5.56 Å². The lowest BCUT2D eigenvalue weighted by atomic mass is 9.77. The van der Waals surface area contributed by atoms with Crippen LogP contribution in [-0.4, -0.2) is 6.61 Å². The van der Waals surface area contributed by atoms with E-state index in [1.807, 2.05) is 0 Å². The highest BCUT2D eigenvalue weighted by molar-refractivity contribution is 5.64. The first-order valence-electron chi connectivity index (χ1n) is 15.6. The van der Waals surface area contributed by atoms with Gasteiger partial charge in [-0.15, -0.1) is 0 Å². The molecular weight excluding hydrogens is 436 g/mol. The van der Waals surface area contributed by atoms with Gasteiger partial charge in [-0.3, -0.25) is 0 Å². The third kappa shape index (κ3) is 8.20. The largest absolute Gasteiger partial charge is 0.373 e. The molecule has 1 heteroatoms. The molecule has 2 atom stereocenters. The Balaban J connectivity index is 1.21. The third-order valence-corrected chi connectivity index (χ3v) is 9.15. The molecule has 2 aliphatic rings. The van der Waals surface area contributed by atoms with Crippen LogP contribution < -0.4 is 0 Å². The Hall–Kier alpha value is -1.60. The molecule has 36 heavy (non-hydrogen) atoms. The van der Waals surface area contributed by atoms with Gasteiger partial charge in [-0.05, 0) is 85.0 Å². The molecule has 1 saturated carbocycles. The van der Waals surface area contributed by atoms with E-state index in [1.165, 1.54) is 119 Å². The predicted molar refractivity (Wildman–Crippen MR) is 156 cm³/mol. The molecule has 4 rings (SSSR count). The maximum atomic E-state index is 6.28. The van der Waals surface area contributed by atoms with Crippen LogP contribution in [0.4, 0.5) is 0 Å². The van der Waals surface area contributed by atoms with Crippen LogP contribution in [0, 0.1) is 11.8 Å². The average molecular weight is 489 g/mol. The lowest BCUT2D eigenvalue weighted by Crippen LogP contribution is -2.20. The van der Waals surface area contributed by atoms with Crippen LogP contribution in [0.2, 0.25) is 0 Å². The number of rotatable bonds is 13. The van der Waals surface area contributed by atoms with Gasteiger partial charge in [0.1, 0.15) is 0 Å². The smallest absolute Gasteiger partial charge is 0.0825 e. The van der Waals surface area contributed by atoms with E-state index in [0.717, 1.165) is 24.4 Å². The Labute approximate surface area is 222 Å². The van der Waals surface area contributed by atoms with Gasteiger partial charge < -0.3 is 4.74 Å². The van der Waals surface area contributed by atoms with Crippen LogP contribution >= 0.6 is 0 Å². The zero-order valence-electron chi connectivity index (χ0n) is 23.4. The highest BCUT2D eigenvalue weighted by Crippen LogP contribution is 2.39. The SMILES string of the molecule is CCCCCCC[C@H]1CC[C@H](c2ccc(-c3ccc(C4CCC(CCCCC)CO4)cc3)cc2)CC1.